The molecule has 0 amide bonds. The standard InChI is InChI=1S/C12H23N3O/c1-9(2)13-12(8-16)5-6-15-11(4)7-10(3)14-15/h7,9,12-13,16H,5-6,8H2,1-4H3. The van der Waals surface area contributed by atoms with Gasteiger partial charge >= 0.3 is 0 Å². The summed E-state index contributed by atoms with van der Waals surface area (Å²) in [5, 5.41) is 17.0. The van der Waals surface area contributed by atoms with Crippen molar-refractivity contribution < 1.29 is 5.11 Å². The molecule has 0 aromatic carbocycles. The average molecular weight is 225 g/mol. The summed E-state index contributed by atoms with van der Waals surface area (Å²) in [6.07, 6.45) is 0.899. The molecule has 0 aliphatic rings. The molecule has 1 rings (SSSR count). The minimum atomic E-state index is 0.156. The minimum absolute atomic E-state index is 0.156. The molecule has 1 heterocycles. The molecule has 0 saturated carbocycles. The highest BCUT2D eigenvalue weighted by molar-refractivity contribution is 5.06. The van der Waals surface area contributed by atoms with E-state index in [0.717, 1.165) is 18.7 Å². The van der Waals surface area contributed by atoms with Gasteiger partial charge in [0.05, 0.1) is 12.3 Å². The number of nitrogens with one attached hydrogen (secondary N) is 1. The minimum Gasteiger partial charge on any atom is -0.395 e. The number of nitrogens with zero attached hydrogens (tertiary/aromatic N) is 2. The first-order chi connectivity index (χ1) is 7.52. The zero-order chi connectivity index (χ0) is 12.1. The lowest BCUT2D eigenvalue weighted by atomic mass is 10.2. The Morgan fingerprint density at radius 3 is 2.56 bits per heavy atom. The number of hydrogen-bond donors (Lipinski definition) is 2. The summed E-state index contributed by atoms with van der Waals surface area (Å²) >= 11 is 0. The third-order valence-corrected chi connectivity index (χ3v) is 2.58. The van der Waals surface area contributed by atoms with Crippen LogP contribution < -0.4 is 5.32 Å². The van der Waals surface area contributed by atoms with Crippen molar-refractivity contribution in [2.24, 2.45) is 0 Å². The average Bonchev–Trinajstić information content (AvgIpc) is 2.51. The lowest BCUT2D eigenvalue weighted by molar-refractivity contribution is 0.222. The molecule has 1 atom stereocenters. The Morgan fingerprint density at radius 2 is 2.12 bits per heavy atom. The van der Waals surface area contributed by atoms with Crippen molar-refractivity contribution >= 4 is 0 Å². The Kier molecular flexibility index (Phi) is 4.96. The number of aryl methyl sites for hydroxylation is 3. The van der Waals surface area contributed by atoms with Crippen LogP contribution in [0.2, 0.25) is 0 Å². The van der Waals surface area contributed by atoms with Gasteiger partial charge in [-0.1, -0.05) is 13.8 Å². The van der Waals surface area contributed by atoms with Gasteiger partial charge < -0.3 is 10.4 Å². The van der Waals surface area contributed by atoms with Crippen LogP contribution in [0.1, 0.15) is 31.7 Å². The molecule has 0 radical (unpaired) electrons. The fraction of sp³-hybridized carbons (Fsp3) is 0.750. The smallest absolute Gasteiger partial charge is 0.0596 e. The Balaban J connectivity index is 2.46. The summed E-state index contributed by atoms with van der Waals surface area (Å²) in [5.41, 5.74) is 2.23. The fourth-order valence-electron chi connectivity index (χ4n) is 1.88. The molecule has 1 aromatic rings. The highest BCUT2D eigenvalue weighted by atomic mass is 16.3. The van der Waals surface area contributed by atoms with Crippen LogP contribution in [0.25, 0.3) is 0 Å². The van der Waals surface area contributed by atoms with Gasteiger partial charge in [-0.25, -0.2) is 0 Å². The van der Waals surface area contributed by atoms with Crippen molar-refractivity contribution in [1.82, 2.24) is 15.1 Å². The van der Waals surface area contributed by atoms with Crippen LogP contribution in [0, 0.1) is 13.8 Å². The van der Waals surface area contributed by atoms with Crippen LogP contribution in [-0.4, -0.2) is 33.6 Å². The summed E-state index contributed by atoms with van der Waals surface area (Å²) in [6.45, 7) is 9.27. The van der Waals surface area contributed by atoms with E-state index < -0.39 is 0 Å². The third-order valence-electron chi connectivity index (χ3n) is 2.58. The molecule has 1 unspecified atom stereocenters. The van der Waals surface area contributed by atoms with E-state index >= 15 is 0 Å². The molecule has 2 N–H and O–H groups in total. The largest absolute Gasteiger partial charge is 0.395 e. The lowest BCUT2D eigenvalue weighted by Gasteiger charge is -2.19. The van der Waals surface area contributed by atoms with Crippen molar-refractivity contribution in [3.63, 3.8) is 0 Å². The summed E-state index contributed by atoms with van der Waals surface area (Å²) in [6, 6.07) is 2.63. The number of aliphatic hydroxyl groups is 1. The maximum Gasteiger partial charge on any atom is 0.0596 e. The maximum absolute atomic E-state index is 9.24. The molecule has 16 heavy (non-hydrogen) atoms. The van der Waals surface area contributed by atoms with Crippen molar-refractivity contribution in [2.75, 3.05) is 6.61 Å². The highest BCUT2D eigenvalue weighted by Crippen LogP contribution is 2.04. The summed E-state index contributed by atoms with van der Waals surface area (Å²) in [4.78, 5) is 0. The van der Waals surface area contributed by atoms with Gasteiger partial charge in [-0.3, -0.25) is 4.68 Å². The van der Waals surface area contributed by atoms with Crippen LogP contribution >= 0.6 is 0 Å². The van der Waals surface area contributed by atoms with Crippen LogP contribution in [0.15, 0.2) is 6.07 Å². The first-order valence-corrected chi connectivity index (χ1v) is 5.91. The van der Waals surface area contributed by atoms with Gasteiger partial charge in [0.25, 0.3) is 0 Å². The van der Waals surface area contributed by atoms with Crippen LogP contribution in [-0.2, 0) is 6.54 Å². The third kappa shape index (κ3) is 3.94. The van der Waals surface area contributed by atoms with Crippen molar-refractivity contribution in [1.29, 1.82) is 0 Å². The van der Waals surface area contributed by atoms with Gasteiger partial charge in [0, 0.05) is 24.3 Å². The van der Waals surface area contributed by atoms with E-state index in [1.54, 1.807) is 0 Å². The van der Waals surface area contributed by atoms with Gasteiger partial charge in [-0.2, -0.15) is 5.10 Å². The van der Waals surface area contributed by atoms with E-state index in [1.807, 2.05) is 11.6 Å². The number of aromatic nitrogens is 2. The molecule has 0 spiro atoms. The molecule has 0 saturated heterocycles. The van der Waals surface area contributed by atoms with E-state index in [4.69, 9.17) is 0 Å². The van der Waals surface area contributed by atoms with Gasteiger partial charge in [-0.15, -0.1) is 0 Å². The molecule has 4 nitrogen and oxygen atoms in total. The van der Waals surface area contributed by atoms with Crippen molar-refractivity contribution in [3.8, 4) is 0 Å². The van der Waals surface area contributed by atoms with Crippen LogP contribution in [0.4, 0.5) is 0 Å². The van der Waals surface area contributed by atoms with E-state index in [0.29, 0.717) is 6.04 Å². The van der Waals surface area contributed by atoms with Gasteiger partial charge in [-0.05, 0) is 26.3 Å². The summed E-state index contributed by atoms with van der Waals surface area (Å²) < 4.78 is 2.00. The first kappa shape index (κ1) is 13.2. The van der Waals surface area contributed by atoms with Crippen LogP contribution in [0.3, 0.4) is 0 Å². The predicted octanol–water partition coefficient (Wildman–Crippen LogP) is 1.25. The quantitative estimate of drug-likeness (QED) is 0.766. The normalized spacial score (nSPS) is 13.4. The Morgan fingerprint density at radius 1 is 1.44 bits per heavy atom. The molecular weight excluding hydrogens is 202 g/mol. The molecule has 0 bridgehead atoms. The summed E-state index contributed by atoms with van der Waals surface area (Å²) in [5.74, 6) is 0. The zero-order valence-electron chi connectivity index (χ0n) is 10.7. The fourth-order valence-corrected chi connectivity index (χ4v) is 1.88. The predicted molar refractivity (Wildman–Crippen MR) is 65.5 cm³/mol. The molecule has 0 aliphatic carbocycles. The second kappa shape index (κ2) is 6.01. The molecule has 1 aromatic heterocycles. The SMILES string of the molecule is Cc1cc(C)n(CCC(CO)NC(C)C)n1. The maximum atomic E-state index is 9.24. The second-order valence-corrected chi connectivity index (χ2v) is 4.64. The van der Waals surface area contributed by atoms with E-state index in [2.05, 4.69) is 37.3 Å². The van der Waals surface area contributed by atoms with Crippen LogP contribution in [0.5, 0.6) is 0 Å². The number of rotatable bonds is 6. The number of hydrogen-bond acceptors (Lipinski definition) is 3. The molecular formula is C12H23N3O. The Hall–Kier alpha value is -0.870. The second-order valence-electron chi connectivity index (χ2n) is 4.64. The zero-order valence-corrected chi connectivity index (χ0v) is 10.7. The molecule has 0 aliphatic heterocycles. The summed E-state index contributed by atoms with van der Waals surface area (Å²) in [7, 11) is 0. The van der Waals surface area contributed by atoms with E-state index in [9.17, 15) is 5.11 Å². The molecule has 92 valence electrons. The molecule has 0 fully saturated rings. The molecule has 4 heteroatoms. The Bertz CT molecular complexity index is 320. The van der Waals surface area contributed by atoms with E-state index in [-0.39, 0.29) is 12.6 Å². The van der Waals surface area contributed by atoms with Gasteiger partial charge in [0.15, 0.2) is 0 Å². The monoisotopic (exact) mass is 225 g/mol. The highest BCUT2D eigenvalue weighted by Gasteiger charge is 2.09. The van der Waals surface area contributed by atoms with Gasteiger partial charge in [0.1, 0.15) is 0 Å². The van der Waals surface area contributed by atoms with Gasteiger partial charge in [0.2, 0.25) is 0 Å². The Labute approximate surface area is 97.7 Å². The first-order valence-electron chi connectivity index (χ1n) is 5.91. The van der Waals surface area contributed by atoms with Crippen molar-refractivity contribution in [2.45, 2.75) is 52.7 Å². The lowest BCUT2D eigenvalue weighted by Crippen LogP contribution is -2.38. The van der Waals surface area contributed by atoms with Crippen molar-refractivity contribution in [3.05, 3.63) is 17.5 Å². The number of aliphatic hydroxyl groups excluding tert-OH is 1. The van der Waals surface area contributed by atoms with E-state index in [1.165, 1.54) is 5.69 Å². The topological polar surface area (TPSA) is 50.1 Å².